The highest BCUT2D eigenvalue weighted by Crippen LogP contribution is 2.23. The molecule has 5 nitrogen and oxygen atoms in total. The van der Waals surface area contributed by atoms with Crippen molar-refractivity contribution < 1.29 is 9.21 Å². The molecule has 3 aromatic rings. The van der Waals surface area contributed by atoms with Crippen LogP contribution in [0.3, 0.4) is 0 Å². The van der Waals surface area contributed by atoms with Gasteiger partial charge >= 0.3 is 0 Å². The molecule has 6 heteroatoms. The first-order chi connectivity index (χ1) is 11.0. The molecule has 1 N–H and O–H groups in total. The van der Waals surface area contributed by atoms with E-state index in [2.05, 4.69) is 15.3 Å². The second kappa shape index (κ2) is 6.42. The van der Waals surface area contributed by atoms with Gasteiger partial charge in [-0.05, 0) is 50.1 Å². The summed E-state index contributed by atoms with van der Waals surface area (Å²) in [5.41, 5.74) is 5.07. The van der Waals surface area contributed by atoms with Crippen molar-refractivity contribution in [3.05, 3.63) is 47.2 Å². The number of carbonyl (C=O) groups excluding carboxylic acids is 1. The molecule has 0 aliphatic heterocycles. The molecule has 0 atom stereocenters. The molecule has 3 rings (SSSR count). The first-order valence-electron chi connectivity index (χ1n) is 7.25. The number of nitrogens with one attached hydrogen (secondary N) is 1. The van der Waals surface area contributed by atoms with Crippen molar-refractivity contribution in [1.82, 2.24) is 9.97 Å². The highest BCUT2D eigenvalue weighted by atomic mass is 32.2. The first kappa shape index (κ1) is 15.6. The monoisotopic (exact) mass is 327 g/mol. The van der Waals surface area contributed by atoms with Crippen molar-refractivity contribution in [3.63, 3.8) is 0 Å². The second-order valence-corrected chi connectivity index (χ2v) is 6.34. The van der Waals surface area contributed by atoms with E-state index in [0.29, 0.717) is 16.5 Å². The Bertz CT molecular complexity index is 873. The van der Waals surface area contributed by atoms with E-state index < -0.39 is 0 Å². The number of pyridine rings is 1. The number of oxazole rings is 1. The zero-order valence-electron chi connectivity index (χ0n) is 13.2. The fourth-order valence-electron chi connectivity index (χ4n) is 2.14. The smallest absolute Gasteiger partial charge is 0.258 e. The van der Waals surface area contributed by atoms with Gasteiger partial charge in [0, 0.05) is 11.4 Å². The Balaban J connectivity index is 1.64. The van der Waals surface area contributed by atoms with E-state index in [4.69, 9.17) is 4.42 Å². The van der Waals surface area contributed by atoms with Gasteiger partial charge in [-0.1, -0.05) is 23.9 Å². The largest absolute Gasteiger partial charge is 0.430 e. The van der Waals surface area contributed by atoms with Crippen molar-refractivity contribution in [3.8, 4) is 0 Å². The van der Waals surface area contributed by atoms with E-state index in [-0.39, 0.29) is 11.7 Å². The van der Waals surface area contributed by atoms with Crippen LogP contribution in [0.1, 0.15) is 16.8 Å². The molecule has 1 aromatic carbocycles. The van der Waals surface area contributed by atoms with E-state index in [1.807, 2.05) is 51.1 Å². The molecule has 118 valence electrons. The predicted octanol–water partition coefficient (Wildman–Crippen LogP) is 3.88. The molecule has 0 spiro atoms. The molecular formula is C17H17N3O2S. The van der Waals surface area contributed by atoms with Crippen molar-refractivity contribution in [2.24, 2.45) is 0 Å². The van der Waals surface area contributed by atoms with Gasteiger partial charge in [-0.3, -0.25) is 4.79 Å². The van der Waals surface area contributed by atoms with Crippen LogP contribution in [0.4, 0.5) is 5.69 Å². The van der Waals surface area contributed by atoms with Crippen LogP contribution in [0.25, 0.3) is 11.2 Å². The molecule has 0 unspecified atom stereocenters. The van der Waals surface area contributed by atoms with Gasteiger partial charge < -0.3 is 9.73 Å². The third-order valence-electron chi connectivity index (χ3n) is 3.37. The van der Waals surface area contributed by atoms with Gasteiger partial charge in [0.05, 0.1) is 5.75 Å². The number of hydrogen-bond acceptors (Lipinski definition) is 5. The molecular weight excluding hydrogens is 310 g/mol. The molecule has 2 aromatic heterocycles. The van der Waals surface area contributed by atoms with Gasteiger partial charge in [-0.2, -0.15) is 4.98 Å². The zero-order valence-corrected chi connectivity index (χ0v) is 14.0. The first-order valence-corrected chi connectivity index (χ1v) is 8.24. The summed E-state index contributed by atoms with van der Waals surface area (Å²) < 4.78 is 5.58. The van der Waals surface area contributed by atoms with Crippen LogP contribution in [-0.2, 0) is 4.79 Å². The minimum atomic E-state index is -0.0879. The molecule has 0 fully saturated rings. The maximum absolute atomic E-state index is 12.1. The van der Waals surface area contributed by atoms with E-state index in [1.165, 1.54) is 11.8 Å². The van der Waals surface area contributed by atoms with E-state index in [1.54, 1.807) is 0 Å². The summed E-state index contributed by atoms with van der Waals surface area (Å²) in [7, 11) is 0. The summed E-state index contributed by atoms with van der Waals surface area (Å²) in [5, 5.41) is 3.37. The van der Waals surface area contributed by atoms with Crippen molar-refractivity contribution in [1.29, 1.82) is 0 Å². The van der Waals surface area contributed by atoms with Crippen LogP contribution < -0.4 is 5.32 Å². The van der Waals surface area contributed by atoms with E-state index in [9.17, 15) is 4.79 Å². The lowest BCUT2D eigenvalue weighted by Gasteiger charge is -2.08. The normalized spacial score (nSPS) is 10.9. The Morgan fingerprint density at radius 3 is 2.83 bits per heavy atom. The number of benzene rings is 1. The molecule has 0 aliphatic carbocycles. The number of carbonyl (C=O) groups is 1. The van der Waals surface area contributed by atoms with Crippen molar-refractivity contribution >= 4 is 34.6 Å². The second-order valence-electron chi connectivity index (χ2n) is 5.41. The standard InChI is InChI=1S/C17H17N3O2S/c1-10-4-5-11(2)13(8-10)19-15(21)9-23-17-20-16-14(22-17)7-6-12(3)18-16/h4-8H,9H2,1-3H3,(H,19,21). The van der Waals surface area contributed by atoms with Gasteiger partial charge in [-0.25, -0.2) is 4.98 Å². The maximum atomic E-state index is 12.1. The molecule has 0 bridgehead atoms. The number of fused-ring (bicyclic) bond motifs is 1. The number of aromatic nitrogens is 2. The van der Waals surface area contributed by atoms with Crippen LogP contribution in [0.5, 0.6) is 0 Å². The minimum absolute atomic E-state index is 0.0879. The fourth-order valence-corrected chi connectivity index (χ4v) is 2.77. The average molecular weight is 327 g/mol. The Hall–Kier alpha value is -2.34. The Labute approximate surface area is 138 Å². The van der Waals surface area contributed by atoms with Crippen LogP contribution >= 0.6 is 11.8 Å². The van der Waals surface area contributed by atoms with Gasteiger partial charge in [-0.15, -0.1) is 0 Å². The van der Waals surface area contributed by atoms with Crippen LogP contribution in [0, 0.1) is 20.8 Å². The fraction of sp³-hybridized carbons (Fsp3) is 0.235. The number of amides is 1. The van der Waals surface area contributed by atoms with Crippen LogP contribution in [0.2, 0.25) is 0 Å². The molecule has 0 saturated carbocycles. The number of nitrogens with zero attached hydrogens (tertiary/aromatic N) is 2. The van der Waals surface area contributed by atoms with Crippen LogP contribution in [-0.4, -0.2) is 21.6 Å². The Morgan fingerprint density at radius 1 is 1.17 bits per heavy atom. The summed E-state index contributed by atoms with van der Waals surface area (Å²) in [5.74, 6) is 0.147. The number of hydrogen-bond donors (Lipinski definition) is 1. The van der Waals surface area contributed by atoms with E-state index in [0.717, 1.165) is 22.5 Å². The molecule has 0 saturated heterocycles. The van der Waals surface area contributed by atoms with E-state index >= 15 is 0 Å². The highest BCUT2D eigenvalue weighted by molar-refractivity contribution is 7.99. The van der Waals surface area contributed by atoms with Crippen molar-refractivity contribution in [2.45, 2.75) is 26.0 Å². The Kier molecular flexibility index (Phi) is 4.34. The summed E-state index contributed by atoms with van der Waals surface area (Å²) in [6.07, 6.45) is 0. The molecule has 0 radical (unpaired) electrons. The number of aryl methyl sites for hydroxylation is 3. The predicted molar refractivity (Wildman–Crippen MR) is 91.8 cm³/mol. The van der Waals surface area contributed by atoms with Crippen molar-refractivity contribution in [2.75, 3.05) is 11.1 Å². The zero-order chi connectivity index (χ0) is 16.4. The SMILES string of the molecule is Cc1ccc(C)c(NC(=O)CSc2nc3nc(C)ccc3o2)c1. The maximum Gasteiger partial charge on any atom is 0.258 e. The topological polar surface area (TPSA) is 68.0 Å². The number of thioether (sulfide) groups is 1. The van der Waals surface area contributed by atoms with Gasteiger partial charge in [0.1, 0.15) is 0 Å². The molecule has 23 heavy (non-hydrogen) atoms. The van der Waals surface area contributed by atoms with Crippen LogP contribution in [0.15, 0.2) is 40.0 Å². The minimum Gasteiger partial charge on any atom is -0.430 e. The molecule has 1 amide bonds. The summed E-state index contributed by atoms with van der Waals surface area (Å²) in [6.45, 7) is 5.87. The third-order valence-corrected chi connectivity index (χ3v) is 4.20. The molecule has 0 aliphatic rings. The lowest BCUT2D eigenvalue weighted by atomic mass is 10.1. The van der Waals surface area contributed by atoms with Gasteiger partial charge in [0.2, 0.25) is 5.91 Å². The summed E-state index contributed by atoms with van der Waals surface area (Å²) in [4.78, 5) is 20.7. The summed E-state index contributed by atoms with van der Waals surface area (Å²) >= 11 is 1.26. The molecule has 2 heterocycles. The number of anilines is 1. The highest BCUT2D eigenvalue weighted by Gasteiger charge is 2.11. The summed E-state index contributed by atoms with van der Waals surface area (Å²) in [6, 6.07) is 9.68. The lowest BCUT2D eigenvalue weighted by molar-refractivity contribution is -0.113. The number of rotatable bonds is 4. The lowest BCUT2D eigenvalue weighted by Crippen LogP contribution is -2.14. The van der Waals surface area contributed by atoms with Gasteiger partial charge in [0.15, 0.2) is 11.2 Å². The Morgan fingerprint density at radius 2 is 2.00 bits per heavy atom. The quantitative estimate of drug-likeness (QED) is 0.737. The average Bonchev–Trinajstić information content (AvgIpc) is 2.91. The van der Waals surface area contributed by atoms with Gasteiger partial charge in [0.25, 0.3) is 5.22 Å². The third kappa shape index (κ3) is 3.71.